The van der Waals surface area contributed by atoms with E-state index in [1.54, 1.807) is 4.90 Å². The van der Waals surface area contributed by atoms with Crippen molar-refractivity contribution in [3.05, 3.63) is 0 Å². The van der Waals surface area contributed by atoms with Gasteiger partial charge in [-0.15, -0.1) is 0 Å². The van der Waals surface area contributed by atoms with Gasteiger partial charge in [-0.3, -0.25) is 4.79 Å². The van der Waals surface area contributed by atoms with Crippen molar-refractivity contribution < 1.29 is 23.8 Å². The molecule has 0 aliphatic carbocycles. The Morgan fingerprint density at radius 2 is 2.06 bits per heavy atom. The van der Waals surface area contributed by atoms with E-state index in [4.69, 9.17) is 9.47 Å². The summed E-state index contributed by atoms with van der Waals surface area (Å²) in [5.74, 6) is -0.918. The molecular weight excluding hydrogens is 238 g/mol. The molecule has 0 spiro atoms. The molecule has 0 aromatic rings. The molecule has 0 bridgehead atoms. The summed E-state index contributed by atoms with van der Waals surface area (Å²) >= 11 is 0. The molecular formula is C12H19NO5. The van der Waals surface area contributed by atoms with E-state index in [9.17, 15) is 9.59 Å². The molecule has 0 aromatic carbocycles. The fourth-order valence-electron chi connectivity index (χ4n) is 2.48. The number of esters is 1. The number of nitrogens with zero attached hydrogens (tertiary/aromatic N) is 1. The van der Waals surface area contributed by atoms with Gasteiger partial charge in [-0.05, 0) is 18.8 Å². The molecule has 2 saturated heterocycles. The molecule has 2 aliphatic heterocycles. The molecule has 2 heterocycles. The monoisotopic (exact) mass is 257 g/mol. The molecule has 18 heavy (non-hydrogen) atoms. The van der Waals surface area contributed by atoms with Gasteiger partial charge in [0.15, 0.2) is 0 Å². The van der Waals surface area contributed by atoms with Crippen LogP contribution in [0.5, 0.6) is 0 Å². The van der Waals surface area contributed by atoms with Gasteiger partial charge in [0.05, 0.1) is 26.4 Å². The van der Waals surface area contributed by atoms with Gasteiger partial charge < -0.3 is 19.1 Å². The molecule has 6 nitrogen and oxygen atoms in total. The maximum Gasteiger partial charge on any atom is 0.396 e. The Morgan fingerprint density at radius 1 is 1.28 bits per heavy atom. The summed E-state index contributed by atoms with van der Waals surface area (Å²) in [6.07, 6.45) is 1.83. The van der Waals surface area contributed by atoms with E-state index in [0.29, 0.717) is 25.7 Å². The van der Waals surface area contributed by atoms with Crippen LogP contribution in [0.4, 0.5) is 0 Å². The van der Waals surface area contributed by atoms with E-state index in [1.807, 2.05) is 0 Å². The number of hydrogen-bond donors (Lipinski definition) is 0. The molecule has 0 saturated carbocycles. The number of methoxy groups -OCH3 is 1. The summed E-state index contributed by atoms with van der Waals surface area (Å²) in [6, 6.07) is -0.0444. The molecule has 0 N–H and O–H groups in total. The highest BCUT2D eigenvalue weighted by atomic mass is 16.5. The summed E-state index contributed by atoms with van der Waals surface area (Å²) in [6.45, 7) is 2.92. The lowest BCUT2D eigenvalue weighted by Gasteiger charge is -2.35. The Hall–Kier alpha value is -1.14. The molecule has 2 fully saturated rings. The number of carbonyl (C=O) groups is 2. The van der Waals surface area contributed by atoms with Gasteiger partial charge in [0, 0.05) is 19.8 Å². The summed E-state index contributed by atoms with van der Waals surface area (Å²) in [5, 5.41) is 0. The largest absolute Gasteiger partial charge is 0.462 e. The van der Waals surface area contributed by atoms with Gasteiger partial charge >= 0.3 is 11.9 Å². The molecule has 2 unspecified atom stereocenters. The van der Waals surface area contributed by atoms with Crippen LogP contribution in [0, 0.1) is 5.92 Å². The highest BCUT2D eigenvalue weighted by Crippen LogP contribution is 2.22. The molecule has 0 radical (unpaired) electrons. The van der Waals surface area contributed by atoms with E-state index < -0.39 is 11.9 Å². The summed E-state index contributed by atoms with van der Waals surface area (Å²) < 4.78 is 15.2. The predicted molar refractivity (Wildman–Crippen MR) is 61.9 cm³/mol. The van der Waals surface area contributed by atoms with Crippen molar-refractivity contribution >= 4 is 11.9 Å². The second-order valence-corrected chi connectivity index (χ2v) is 4.68. The van der Waals surface area contributed by atoms with Crippen LogP contribution in [0.1, 0.15) is 12.8 Å². The smallest absolute Gasteiger partial charge is 0.396 e. The van der Waals surface area contributed by atoms with E-state index >= 15 is 0 Å². The second kappa shape index (κ2) is 6.15. The third-order valence-corrected chi connectivity index (χ3v) is 3.48. The van der Waals surface area contributed by atoms with Crippen molar-refractivity contribution in [1.29, 1.82) is 0 Å². The van der Waals surface area contributed by atoms with E-state index in [2.05, 4.69) is 4.74 Å². The van der Waals surface area contributed by atoms with Gasteiger partial charge in [-0.25, -0.2) is 4.79 Å². The number of hydrogen-bond acceptors (Lipinski definition) is 5. The van der Waals surface area contributed by atoms with Crippen LogP contribution < -0.4 is 0 Å². The molecule has 0 aromatic heterocycles. The SMILES string of the molecule is COC(=O)C(=O)N1CCOCC1CC1CCOC1. The Kier molecular flexibility index (Phi) is 4.54. The van der Waals surface area contributed by atoms with Gasteiger partial charge in [-0.1, -0.05) is 0 Å². The molecule has 2 atom stereocenters. The second-order valence-electron chi connectivity index (χ2n) is 4.68. The first-order valence-corrected chi connectivity index (χ1v) is 6.26. The average molecular weight is 257 g/mol. The number of rotatable bonds is 2. The minimum atomic E-state index is -0.801. The normalized spacial score (nSPS) is 28.2. The van der Waals surface area contributed by atoms with Gasteiger partial charge in [0.1, 0.15) is 0 Å². The topological polar surface area (TPSA) is 65.1 Å². The van der Waals surface area contributed by atoms with E-state index in [0.717, 1.165) is 26.1 Å². The Balaban J connectivity index is 1.96. The van der Waals surface area contributed by atoms with Gasteiger partial charge in [-0.2, -0.15) is 0 Å². The maximum atomic E-state index is 11.9. The van der Waals surface area contributed by atoms with E-state index in [1.165, 1.54) is 7.11 Å². The minimum Gasteiger partial charge on any atom is -0.462 e. The van der Waals surface area contributed by atoms with Crippen molar-refractivity contribution in [1.82, 2.24) is 4.90 Å². The standard InChI is InChI=1S/C12H19NO5/c1-16-12(15)11(14)13-3-5-18-8-10(13)6-9-2-4-17-7-9/h9-10H,2-8H2,1H3. The highest BCUT2D eigenvalue weighted by Gasteiger charge is 2.34. The van der Waals surface area contributed by atoms with Crippen LogP contribution in [-0.4, -0.2) is 62.9 Å². The third-order valence-electron chi connectivity index (χ3n) is 3.48. The van der Waals surface area contributed by atoms with E-state index in [-0.39, 0.29) is 6.04 Å². The summed E-state index contributed by atoms with van der Waals surface area (Å²) in [5.41, 5.74) is 0. The predicted octanol–water partition coefficient (Wildman–Crippen LogP) is -0.187. The van der Waals surface area contributed by atoms with Crippen LogP contribution in [0.2, 0.25) is 0 Å². The van der Waals surface area contributed by atoms with Gasteiger partial charge in [0.2, 0.25) is 0 Å². The minimum absolute atomic E-state index is 0.0444. The lowest BCUT2D eigenvalue weighted by atomic mass is 9.98. The van der Waals surface area contributed by atoms with Crippen LogP contribution in [0.15, 0.2) is 0 Å². The van der Waals surface area contributed by atoms with Crippen molar-refractivity contribution in [3.63, 3.8) is 0 Å². The van der Waals surface area contributed by atoms with Crippen LogP contribution in [-0.2, 0) is 23.8 Å². The Bertz CT molecular complexity index is 314. The number of morpholine rings is 1. The lowest BCUT2D eigenvalue weighted by Crippen LogP contribution is -2.52. The zero-order valence-corrected chi connectivity index (χ0v) is 10.6. The quantitative estimate of drug-likeness (QED) is 0.507. The first kappa shape index (κ1) is 13.3. The number of carbonyl (C=O) groups excluding carboxylic acids is 2. The average Bonchev–Trinajstić information content (AvgIpc) is 2.90. The first-order chi connectivity index (χ1) is 8.72. The zero-order chi connectivity index (χ0) is 13.0. The fourth-order valence-corrected chi connectivity index (χ4v) is 2.48. The Labute approximate surface area is 106 Å². The van der Waals surface area contributed by atoms with Gasteiger partial charge in [0.25, 0.3) is 0 Å². The highest BCUT2D eigenvalue weighted by molar-refractivity contribution is 6.32. The number of ether oxygens (including phenoxy) is 3. The van der Waals surface area contributed by atoms with Crippen molar-refractivity contribution in [2.45, 2.75) is 18.9 Å². The first-order valence-electron chi connectivity index (χ1n) is 6.26. The third kappa shape index (κ3) is 3.00. The van der Waals surface area contributed by atoms with Crippen LogP contribution in [0.25, 0.3) is 0 Å². The van der Waals surface area contributed by atoms with Crippen LogP contribution in [0.3, 0.4) is 0 Å². The molecule has 102 valence electrons. The summed E-state index contributed by atoms with van der Waals surface area (Å²) in [7, 11) is 1.22. The maximum absolute atomic E-state index is 11.9. The molecule has 2 aliphatic rings. The molecule has 1 amide bonds. The number of amides is 1. The zero-order valence-electron chi connectivity index (χ0n) is 10.6. The van der Waals surface area contributed by atoms with Crippen LogP contribution >= 0.6 is 0 Å². The molecule has 2 rings (SSSR count). The van der Waals surface area contributed by atoms with Crippen molar-refractivity contribution in [2.24, 2.45) is 5.92 Å². The fraction of sp³-hybridized carbons (Fsp3) is 0.833. The molecule has 6 heteroatoms. The van der Waals surface area contributed by atoms with Crippen molar-refractivity contribution in [2.75, 3.05) is 40.1 Å². The van der Waals surface area contributed by atoms with Crippen molar-refractivity contribution in [3.8, 4) is 0 Å². The lowest BCUT2D eigenvalue weighted by molar-refractivity contribution is -0.163. The summed E-state index contributed by atoms with van der Waals surface area (Å²) in [4.78, 5) is 24.8. The Morgan fingerprint density at radius 3 is 2.72 bits per heavy atom.